The molecule has 0 aromatic heterocycles. The summed E-state index contributed by atoms with van der Waals surface area (Å²) in [5.74, 6) is -0.0352. The normalized spacial score (nSPS) is 50.0. The Balaban J connectivity index is 1.62. The van der Waals surface area contributed by atoms with Crippen LogP contribution >= 0.6 is 0 Å². The maximum absolute atomic E-state index is 13.4. The summed E-state index contributed by atoms with van der Waals surface area (Å²) in [7, 11) is 1.48. The minimum absolute atomic E-state index is 0.0485. The molecule has 6 heteroatoms. The number of allylic oxidation sites excluding steroid dienone is 1. The highest BCUT2D eigenvalue weighted by atomic mass is 16.5. The van der Waals surface area contributed by atoms with Crippen LogP contribution in [-0.4, -0.2) is 58.9 Å². The first kappa shape index (κ1) is 27.6. The maximum atomic E-state index is 13.4. The summed E-state index contributed by atoms with van der Waals surface area (Å²) in [6.45, 7) is 11.0. The lowest BCUT2D eigenvalue weighted by molar-refractivity contribution is -0.233. The van der Waals surface area contributed by atoms with E-state index in [1.807, 2.05) is 0 Å². The minimum Gasteiger partial charge on any atom is -0.469 e. The molecule has 0 aromatic rings. The molecule has 0 spiro atoms. The molecular weight excluding hydrogens is 468 g/mol. The first-order chi connectivity index (χ1) is 17.2. The van der Waals surface area contributed by atoms with Crippen molar-refractivity contribution in [2.24, 2.45) is 50.2 Å². The number of hydrogen-bond acceptors (Lipinski definition) is 6. The second-order valence-electron chi connectivity index (χ2n) is 15.0. The predicted molar refractivity (Wildman–Crippen MR) is 141 cm³/mol. The van der Waals surface area contributed by atoms with Gasteiger partial charge in [-0.15, -0.1) is 0 Å². The van der Waals surface area contributed by atoms with Crippen LogP contribution in [0, 0.1) is 50.2 Å². The van der Waals surface area contributed by atoms with Gasteiger partial charge < -0.3 is 25.2 Å². The summed E-state index contributed by atoms with van der Waals surface area (Å²) >= 11 is 0. The molecule has 0 aliphatic heterocycles. The van der Waals surface area contributed by atoms with Gasteiger partial charge in [-0.2, -0.15) is 0 Å². The summed E-state index contributed by atoms with van der Waals surface area (Å²) in [5.41, 5.74) is -0.889. The van der Waals surface area contributed by atoms with Crippen LogP contribution < -0.4 is 0 Å². The zero-order valence-electron chi connectivity index (χ0n) is 23.8. The van der Waals surface area contributed by atoms with Gasteiger partial charge in [0.1, 0.15) is 0 Å². The van der Waals surface area contributed by atoms with Crippen molar-refractivity contribution >= 4 is 5.97 Å². The average molecular weight is 519 g/mol. The number of hydrogen-bond donors (Lipinski definition) is 4. The highest BCUT2D eigenvalue weighted by molar-refractivity contribution is 5.79. The molecule has 37 heavy (non-hydrogen) atoms. The molecule has 0 heterocycles. The number of esters is 1. The van der Waals surface area contributed by atoms with E-state index in [1.165, 1.54) is 12.7 Å². The van der Waals surface area contributed by atoms with Gasteiger partial charge in [0.05, 0.1) is 37.9 Å². The van der Waals surface area contributed by atoms with Gasteiger partial charge in [0.15, 0.2) is 0 Å². The molecular formula is C31H50O6. The van der Waals surface area contributed by atoms with Gasteiger partial charge in [0, 0.05) is 11.3 Å². The lowest BCUT2D eigenvalue weighted by Gasteiger charge is -2.71. The molecule has 4 fully saturated rings. The Morgan fingerprint density at radius 1 is 0.919 bits per heavy atom. The van der Waals surface area contributed by atoms with Crippen LogP contribution in [0.3, 0.4) is 0 Å². The third kappa shape index (κ3) is 3.22. The van der Waals surface area contributed by atoms with Crippen molar-refractivity contribution in [2.75, 3.05) is 20.3 Å². The van der Waals surface area contributed by atoms with E-state index in [4.69, 9.17) is 4.74 Å². The van der Waals surface area contributed by atoms with Gasteiger partial charge >= 0.3 is 5.97 Å². The number of carbonyl (C=O) groups is 1. The van der Waals surface area contributed by atoms with Crippen LogP contribution in [0.1, 0.15) is 92.4 Å². The fraction of sp³-hybridized carbons (Fsp3) is 0.903. The van der Waals surface area contributed by atoms with E-state index in [1.54, 1.807) is 0 Å². The second-order valence-corrected chi connectivity index (χ2v) is 15.0. The molecule has 0 amide bonds. The van der Waals surface area contributed by atoms with Crippen LogP contribution in [0.4, 0.5) is 0 Å². The summed E-state index contributed by atoms with van der Waals surface area (Å²) in [4.78, 5) is 13.4. The highest BCUT2D eigenvalue weighted by Gasteiger charge is 2.71. The molecule has 0 radical (unpaired) electrons. The molecule has 5 aliphatic carbocycles. The molecule has 0 bridgehead atoms. The molecule has 9 atom stereocenters. The number of rotatable bonds is 3. The third-order valence-corrected chi connectivity index (χ3v) is 13.6. The van der Waals surface area contributed by atoms with E-state index in [9.17, 15) is 25.2 Å². The molecule has 210 valence electrons. The number of aliphatic hydroxyl groups is 4. The van der Waals surface area contributed by atoms with Crippen LogP contribution in [0.25, 0.3) is 0 Å². The Hall–Kier alpha value is -0.950. The Morgan fingerprint density at radius 3 is 2.19 bits per heavy atom. The van der Waals surface area contributed by atoms with E-state index in [0.717, 1.165) is 51.4 Å². The predicted octanol–water partition coefficient (Wildman–Crippen LogP) is 4.24. The zero-order chi connectivity index (χ0) is 27.2. The Kier molecular flexibility index (Phi) is 6.36. The maximum Gasteiger partial charge on any atom is 0.312 e. The molecule has 6 nitrogen and oxygen atoms in total. The van der Waals surface area contributed by atoms with Gasteiger partial charge in [-0.1, -0.05) is 46.3 Å². The summed E-state index contributed by atoms with van der Waals surface area (Å²) in [6.07, 6.45) is 8.36. The Bertz CT molecular complexity index is 969. The zero-order valence-corrected chi connectivity index (χ0v) is 23.8. The average Bonchev–Trinajstić information content (AvgIpc) is 2.87. The van der Waals surface area contributed by atoms with Crippen LogP contribution in [0.5, 0.6) is 0 Å². The molecule has 4 N–H and O–H groups in total. The smallest absolute Gasteiger partial charge is 0.312 e. The fourth-order valence-corrected chi connectivity index (χ4v) is 10.9. The van der Waals surface area contributed by atoms with E-state index in [0.29, 0.717) is 12.3 Å². The van der Waals surface area contributed by atoms with Crippen LogP contribution in [0.15, 0.2) is 11.6 Å². The van der Waals surface area contributed by atoms with Crippen molar-refractivity contribution in [3.8, 4) is 0 Å². The molecule has 4 saturated carbocycles. The van der Waals surface area contributed by atoms with Gasteiger partial charge in [-0.05, 0) is 91.3 Å². The van der Waals surface area contributed by atoms with E-state index < -0.39 is 23.0 Å². The van der Waals surface area contributed by atoms with Gasteiger partial charge in [-0.3, -0.25) is 4.79 Å². The van der Waals surface area contributed by atoms with Crippen LogP contribution in [0.2, 0.25) is 0 Å². The minimum atomic E-state index is -0.866. The van der Waals surface area contributed by atoms with Crippen molar-refractivity contribution in [1.82, 2.24) is 0 Å². The molecule has 5 rings (SSSR count). The van der Waals surface area contributed by atoms with Crippen LogP contribution in [-0.2, 0) is 9.53 Å². The first-order valence-corrected chi connectivity index (χ1v) is 14.6. The molecule has 0 unspecified atom stereocenters. The summed E-state index contributed by atoms with van der Waals surface area (Å²) in [5, 5.41) is 43.8. The largest absolute Gasteiger partial charge is 0.469 e. The number of aliphatic hydroxyl groups excluding tert-OH is 4. The van der Waals surface area contributed by atoms with Gasteiger partial charge in [0.25, 0.3) is 0 Å². The number of carbonyl (C=O) groups excluding carboxylic acids is 1. The van der Waals surface area contributed by atoms with Crippen molar-refractivity contribution < 1.29 is 30.0 Å². The lowest BCUT2D eigenvalue weighted by atomic mass is 9.33. The monoisotopic (exact) mass is 518 g/mol. The van der Waals surface area contributed by atoms with Crippen molar-refractivity contribution in [3.63, 3.8) is 0 Å². The standard InChI is InChI=1S/C31H50O6/c1-26(2)13-15-30(25(36)37-6)16-14-28(4)19(23(30)24(26)35)7-8-20-27(3)11-10-22(34)31(17-32,18-33)21(27)9-12-29(20,28)5/h7,20-24,32-35H,8-18H2,1-6H3/t20-,21-,22+,23+,24+,27-,28-,29-,30+/m1/s1. The number of ether oxygens (including phenoxy) is 1. The van der Waals surface area contributed by atoms with Crippen molar-refractivity contribution in [3.05, 3.63) is 11.6 Å². The molecule has 0 saturated heterocycles. The second kappa shape index (κ2) is 8.52. The Labute approximate surface area is 222 Å². The quantitative estimate of drug-likeness (QED) is 0.329. The lowest BCUT2D eigenvalue weighted by Crippen LogP contribution is -2.68. The van der Waals surface area contributed by atoms with E-state index in [-0.39, 0.29) is 52.7 Å². The molecule has 5 aliphatic rings. The summed E-state index contributed by atoms with van der Waals surface area (Å²) in [6, 6.07) is 0. The number of fused-ring (bicyclic) bond motifs is 7. The summed E-state index contributed by atoms with van der Waals surface area (Å²) < 4.78 is 5.41. The third-order valence-electron chi connectivity index (χ3n) is 13.6. The molecule has 0 aromatic carbocycles. The SMILES string of the molecule is COC(=O)[C@]12CCC(C)(C)[C@@H](O)[C@@H]1C1=CC[C@@H]3[C@@]4(C)CC[C@H](O)C(CO)(CO)[C@@H]4CC[C@@]3(C)[C@]1(C)CC2. The first-order valence-electron chi connectivity index (χ1n) is 14.6. The van der Waals surface area contributed by atoms with Crippen molar-refractivity contribution in [2.45, 2.75) is 105 Å². The van der Waals surface area contributed by atoms with E-state index >= 15 is 0 Å². The van der Waals surface area contributed by atoms with Gasteiger partial charge in [-0.25, -0.2) is 0 Å². The fourth-order valence-electron chi connectivity index (χ4n) is 10.9. The Morgan fingerprint density at radius 2 is 1.57 bits per heavy atom. The highest BCUT2D eigenvalue weighted by Crippen LogP contribution is 2.75. The van der Waals surface area contributed by atoms with Crippen molar-refractivity contribution in [1.29, 1.82) is 0 Å². The van der Waals surface area contributed by atoms with E-state index in [2.05, 4.69) is 40.7 Å². The topological polar surface area (TPSA) is 107 Å². The van der Waals surface area contributed by atoms with Gasteiger partial charge in [0.2, 0.25) is 0 Å². The number of methoxy groups -OCH3 is 1.